The van der Waals surface area contributed by atoms with Crippen molar-refractivity contribution in [2.75, 3.05) is 0 Å². The molecule has 4 atom stereocenters. The molecule has 1 fully saturated rings. The first kappa shape index (κ1) is 13.3. The van der Waals surface area contributed by atoms with Gasteiger partial charge in [-0.2, -0.15) is 0 Å². The van der Waals surface area contributed by atoms with Gasteiger partial charge in [0.05, 0.1) is 0 Å². The Morgan fingerprint density at radius 2 is 2.25 bits per heavy atom. The monoisotopic (exact) mass is 228 g/mol. The number of carbonyl (C=O) groups is 2. The topological polar surface area (TPSA) is 63.6 Å². The fourth-order valence-corrected chi connectivity index (χ4v) is 1.89. The molecule has 92 valence electrons. The minimum absolute atomic E-state index is 0.0350. The number of rotatable bonds is 5. The summed E-state index contributed by atoms with van der Waals surface area (Å²) in [6.07, 6.45) is -0.406. The molecular formula is C12H20O4. The molecule has 16 heavy (non-hydrogen) atoms. The smallest absolute Gasteiger partial charge is 0.192 e. The van der Waals surface area contributed by atoms with Crippen LogP contribution in [0.25, 0.3) is 0 Å². The van der Waals surface area contributed by atoms with Gasteiger partial charge in [-0.1, -0.05) is 13.8 Å². The minimum atomic E-state index is -1.06. The van der Waals surface area contributed by atoms with E-state index in [-0.39, 0.29) is 17.5 Å². The lowest BCUT2D eigenvalue weighted by molar-refractivity contribution is -0.176. The highest BCUT2D eigenvalue weighted by atomic mass is 16.5. The molecule has 0 aromatic heterocycles. The molecule has 0 aliphatic heterocycles. The van der Waals surface area contributed by atoms with E-state index < -0.39 is 17.8 Å². The van der Waals surface area contributed by atoms with Crippen LogP contribution in [0.2, 0.25) is 0 Å². The zero-order valence-corrected chi connectivity index (χ0v) is 10.3. The van der Waals surface area contributed by atoms with Crippen molar-refractivity contribution in [3.63, 3.8) is 0 Å². The average Bonchev–Trinajstić information content (AvgIpc) is 2.26. The van der Waals surface area contributed by atoms with E-state index in [9.17, 15) is 14.7 Å². The van der Waals surface area contributed by atoms with E-state index in [0.717, 1.165) is 0 Å². The molecule has 0 aromatic rings. The van der Waals surface area contributed by atoms with Crippen molar-refractivity contribution in [3.8, 4) is 0 Å². The van der Waals surface area contributed by atoms with Crippen LogP contribution in [0.4, 0.5) is 0 Å². The summed E-state index contributed by atoms with van der Waals surface area (Å²) < 4.78 is 5.57. The number of hydrogen-bond donors (Lipinski definition) is 1. The van der Waals surface area contributed by atoms with Crippen LogP contribution in [0.3, 0.4) is 0 Å². The van der Waals surface area contributed by atoms with Gasteiger partial charge in [0.25, 0.3) is 0 Å². The maximum atomic E-state index is 11.8. The molecule has 1 saturated carbocycles. The number of aliphatic hydroxyl groups is 1. The second-order valence-corrected chi connectivity index (χ2v) is 4.77. The summed E-state index contributed by atoms with van der Waals surface area (Å²) in [5.41, 5.74) is -1.05. The summed E-state index contributed by atoms with van der Waals surface area (Å²) in [5.74, 6) is -0.270. The number of ketones is 2. The number of carbonyl (C=O) groups excluding carboxylic acids is 2. The number of aliphatic hydroxyl groups excluding tert-OH is 1. The highest BCUT2D eigenvalue weighted by Crippen LogP contribution is 2.31. The van der Waals surface area contributed by atoms with Crippen molar-refractivity contribution in [3.05, 3.63) is 0 Å². The van der Waals surface area contributed by atoms with Crippen molar-refractivity contribution in [1.82, 2.24) is 0 Å². The van der Waals surface area contributed by atoms with Crippen LogP contribution in [-0.4, -0.2) is 34.5 Å². The average molecular weight is 228 g/mol. The first-order chi connectivity index (χ1) is 7.31. The Morgan fingerprint density at radius 3 is 2.56 bits per heavy atom. The fraction of sp³-hybridized carbons (Fsp3) is 0.833. The first-order valence-corrected chi connectivity index (χ1v) is 5.75. The molecule has 0 radical (unpaired) electrons. The van der Waals surface area contributed by atoms with Gasteiger partial charge in [-0.3, -0.25) is 9.59 Å². The number of hydrogen-bond acceptors (Lipinski definition) is 4. The second-order valence-electron chi connectivity index (χ2n) is 4.77. The fourth-order valence-electron chi connectivity index (χ4n) is 1.89. The van der Waals surface area contributed by atoms with E-state index in [1.165, 1.54) is 6.92 Å². The van der Waals surface area contributed by atoms with Crippen LogP contribution in [0, 0.1) is 5.92 Å². The van der Waals surface area contributed by atoms with E-state index in [2.05, 4.69) is 0 Å². The van der Waals surface area contributed by atoms with Crippen molar-refractivity contribution in [1.29, 1.82) is 0 Å². The normalized spacial score (nSPS) is 30.4. The van der Waals surface area contributed by atoms with Crippen molar-refractivity contribution in [2.45, 2.75) is 58.3 Å². The van der Waals surface area contributed by atoms with Gasteiger partial charge >= 0.3 is 0 Å². The lowest BCUT2D eigenvalue weighted by Gasteiger charge is -2.38. The molecule has 0 heterocycles. The molecule has 1 N–H and O–H groups in total. The summed E-state index contributed by atoms with van der Waals surface area (Å²) >= 11 is 0. The zero-order valence-electron chi connectivity index (χ0n) is 10.3. The van der Waals surface area contributed by atoms with Gasteiger partial charge in [0, 0.05) is 5.92 Å². The molecule has 4 unspecified atom stereocenters. The molecule has 0 spiro atoms. The molecule has 0 aromatic carbocycles. The molecule has 0 saturated heterocycles. The summed E-state index contributed by atoms with van der Waals surface area (Å²) in [4.78, 5) is 23.2. The first-order valence-electron chi connectivity index (χ1n) is 5.75. The molecular weight excluding hydrogens is 208 g/mol. The predicted octanol–water partition coefficient (Wildman–Crippen LogP) is 1.10. The Kier molecular flexibility index (Phi) is 3.86. The summed E-state index contributed by atoms with van der Waals surface area (Å²) in [5, 5.41) is 9.29. The standard InChI is InChI=1S/C12H20O4/c1-5-12(4,11(15)8(3)13)16-9-6-7(2)10(9)14/h7-9,13H,5-6H2,1-4H3. The van der Waals surface area contributed by atoms with Gasteiger partial charge in [-0.25, -0.2) is 0 Å². The molecule has 1 aliphatic carbocycles. The van der Waals surface area contributed by atoms with Crippen LogP contribution in [0.1, 0.15) is 40.5 Å². The van der Waals surface area contributed by atoms with E-state index >= 15 is 0 Å². The Balaban J connectivity index is 2.68. The summed E-state index contributed by atoms with van der Waals surface area (Å²) in [6.45, 7) is 6.72. The van der Waals surface area contributed by atoms with E-state index in [4.69, 9.17) is 4.74 Å². The quantitative estimate of drug-likeness (QED) is 0.765. The highest BCUT2D eigenvalue weighted by Gasteiger charge is 2.44. The second kappa shape index (κ2) is 4.63. The maximum Gasteiger partial charge on any atom is 0.192 e. The van der Waals surface area contributed by atoms with Crippen molar-refractivity contribution < 1.29 is 19.4 Å². The van der Waals surface area contributed by atoms with Gasteiger partial charge in [-0.05, 0) is 26.7 Å². The minimum Gasteiger partial charge on any atom is -0.385 e. The molecule has 4 heteroatoms. The SMILES string of the molecule is CCC(C)(OC1CC(C)C1=O)C(=O)C(C)O. The predicted molar refractivity (Wildman–Crippen MR) is 59.0 cm³/mol. The third-order valence-electron chi connectivity index (χ3n) is 3.35. The largest absolute Gasteiger partial charge is 0.385 e. The molecule has 1 rings (SSSR count). The third kappa shape index (κ3) is 2.33. The number of ether oxygens (including phenoxy) is 1. The van der Waals surface area contributed by atoms with Crippen molar-refractivity contribution in [2.24, 2.45) is 5.92 Å². The van der Waals surface area contributed by atoms with E-state index in [1.807, 2.05) is 13.8 Å². The Bertz CT molecular complexity index is 297. The van der Waals surface area contributed by atoms with Gasteiger partial charge in [0.2, 0.25) is 0 Å². The van der Waals surface area contributed by atoms with Gasteiger partial charge in [-0.15, -0.1) is 0 Å². The molecule has 4 nitrogen and oxygen atoms in total. The summed E-state index contributed by atoms with van der Waals surface area (Å²) in [6, 6.07) is 0. The van der Waals surface area contributed by atoms with Crippen LogP contribution in [0.15, 0.2) is 0 Å². The van der Waals surface area contributed by atoms with Crippen LogP contribution in [0.5, 0.6) is 0 Å². The van der Waals surface area contributed by atoms with Crippen LogP contribution in [-0.2, 0) is 14.3 Å². The third-order valence-corrected chi connectivity index (χ3v) is 3.35. The summed E-state index contributed by atoms with van der Waals surface area (Å²) in [7, 11) is 0. The maximum absolute atomic E-state index is 11.8. The highest BCUT2D eigenvalue weighted by molar-refractivity contribution is 5.93. The van der Waals surface area contributed by atoms with Gasteiger partial charge in [0.15, 0.2) is 11.6 Å². The van der Waals surface area contributed by atoms with Crippen LogP contribution >= 0.6 is 0 Å². The molecule has 0 bridgehead atoms. The van der Waals surface area contributed by atoms with E-state index in [0.29, 0.717) is 12.8 Å². The molecule has 1 aliphatic rings. The van der Waals surface area contributed by atoms with Crippen LogP contribution < -0.4 is 0 Å². The Hall–Kier alpha value is -0.740. The van der Waals surface area contributed by atoms with Gasteiger partial charge < -0.3 is 9.84 Å². The van der Waals surface area contributed by atoms with E-state index in [1.54, 1.807) is 6.92 Å². The lowest BCUT2D eigenvalue weighted by atomic mass is 9.81. The van der Waals surface area contributed by atoms with Crippen molar-refractivity contribution >= 4 is 11.6 Å². The Labute approximate surface area is 96.0 Å². The lowest BCUT2D eigenvalue weighted by Crippen LogP contribution is -2.52. The molecule has 0 amide bonds. The van der Waals surface area contributed by atoms with Gasteiger partial charge in [0.1, 0.15) is 17.8 Å². The zero-order chi connectivity index (χ0) is 12.5. The Morgan fingerprint density at radius 1 is 1.69 bits per heavy atom. The number of Topliss-reactive ketones (excluding diaryl/α,β-unsaturated/α-hetero) is 2.